The average Bonchev–Trinajstić information content (AvgIpc) is 3.64. The number of benzene rings is 7. The van der Waals surface area contributed by atoms with Gasteiger partial charge in [0.15, 0.2) is 6.17 Å². The van der Waals surface area contributed by atoms with Crippen LogP contribution in [0.1, 0.15) is 37.9 Å². The Morgan fingerprint density at radius 1 is 0.683 bits per heavy atom. The van der Waals surface area contributed by atoms with Gasteiger partial charge >= 0.3 is 0 Å². The summed E-state index contributed by atoms with van der Waals surface area (Å²) in [6.45, 7) is 2.19. The maximum Gasteiger partial charge on any atom is 0.170 e. The monoisotopic (exact) mass is 887 g/mol. The van der Waals surface area contributed by atoms with E-state index in [1.54, 1.807) is 0 Å². The van der Waals surface area contributed by atoms with E-state index in [1.807, 2.05) is 0 Å². The molecule has 0 saturated carbocycles. The highest BCUT2D eigenvalue weighted by atomic mass is 127. The molecule has 0 bridgehead atoms. The van der Waals surface area contributed by atoms with Gasteiger partial charge in [-0.05, 0) is 113 Å². The number of hydrogen-bond donors (Lipinski definition) is 1. The lowest BCUT2D eigenvalue weighted by Crippen LogP contribution is -2.38. The molecule has 290 valence electrons. The SMILES string of the molecule is C=I/C=C\C1=C(C)C2CC=CC(C3=NC(c4ccc(-c5c6ccccc6c(-c6cccc7ccccc67)c6ccccc56)c5ccccc45)N=C(C4=CC=CCC4)N3)=C2O1. The standard InChI is InChI=1S/C55H42IN3O/c1-34-37-27-15-29-48(52(37)60-49(34)32-33-56-2)55-58-53(36-17-4-3-5-18-36)57-54(59-55)47-31-30-46(39-21-8-9-22-40(39)47)51-44-25-12-10-23-42(44)50(43-24-11-13-26-45(43)51)41-28-14-19-35-16-6-7-20-38(35)41/h3-4,6-17,19-26,28-33,37,54H,2,5,18,27H2,1H3,(H,57,58,59)/b33-32-. The molecule has 2 unspecified atom stereocenters. The van der Waals surface area contributed by atoms with E-state index in [0.717, 1.165) is 59.0 Å². The summed E-state index contributed by atoms with van der Waals surface area (Å²) < 4.78 is 12.9. The predicted molar refractivity (Wildman–Crippen MR) is 263 cm³/mol. The van der Waals surface area contributed by atoms with Gasteiger partial charge in [-0.3, -0.25) is 0 Å². The van der Waals surface area contributed by atoms with E-state index >= 15 is 0 Å². The van der Waals surface area contributed by atoms with Gasteiger partial charge in [-0.15, -0.1) is 20.7 Å². The van der Waals surface area contributed by atoms with Crippen molar-refractivity contribution in [1.29, 1.82) is 0 Å². The number of allylic oxidation sites excluding steroid dienone is 6. The Morgan fingerprint density at radius 3 is 2.02 bits per heavy atom. The fourth-order valence-electron chi connectivity index (χ4n) is 9.64. The Kier molecular flexibility index (Phi) is 9.34. The summed E-state index contributed by atoms with van der Waals surface area (Å²) in [5.41, 5.74) is 9.47. The maximum atomic E-state index is 6.65. The van der Waals surface area contributed by atoms with Crippen molar-refractivity contribution in [3.8, 4) is 22.3 Å². The Labute approximate surface area is 360 Å². The smallest absolute Gasteiger partial charge is 0.170 e. The molecule has 5 heteroatoms. The molecule has 60 heavy (non-hydrogen) atoms. The molecule has 0 saturated heterocycles. The van der Waals surface area contributed by atoms with Crippen LogP contribution in [-0.4, -0.2) is 16.2 Å². The molecule has 11 rings (SSSR count). The lowest BCUT2D eigenvalue weighted by atomic mass is 9.83. The predicted octanol–water partition coefficient (Wildman–Crippen LogP) is 14.4. The number of nitrogens with one attached hydrogen (secondary N) is 1. The highest BCUT2D eigenvalue weighted by Gasteiger charge is 2.35. The minimum Gasteiger partial charge on any atom is -0.460 e. The van der Waals surface area contributed by atoms with E-state index in [1.165, 1.54) is 71.1 Å². The first kappa shape index (κ1) is 36.6. The quantitative estimate of drug-likeness (QED) is 0.128. The molecule has 0 amide bonds. The fraction of sp³-hybridized carbons (Fsp3) is 0.109. The van der Waals surface area contributed by atoms with Crippen molar-refractivity contribution >= 4 is 80.0 Å². The average molecular weight is 888 g/mol. The molecular formula is C55H42IN3O. The van der Waals surface area contributed by atoms with Crippen LogP contribution in [0.5, 0.6) is 0 Å². The summed E-state index contributed by atoms with van der Waals surface area (Å²) in [6, 6.07) is 46.7. The van der Waals surface area contributed by atoms with Crippen LogP contribution in [0.15, 0.2) is 206 Å². The third-order valence-corrected chi connectivity index (χ3v) is 13.3. The van der Waals surface area contributed by atoms with Gasteiger partial charge in [0.2, 0.25) is 0 Å². The third kappa shape index (κ3) is 6.14. The minimum absolute atomic E-state index is 0.187. The maximum absolute atomic E-state index is 6.65. The van der Waals surface area contributed by atoms with Gasteiger partial charge in [0, 0.05) is 11.5 Å². The van der Waals surface area contributed by atoms with Crippen molar-refractivity contribution in [3.63, 3.8) is 0 Å². The van der Waals surface area contributed by atoms with Crippen molar-refractivity contribution in [3.05, 3.63) is 202 Å². The van der Waals surface area contributed by atoms with Gasteiger partial charge < -0.3 is 10.1 Å². The lowest BCUT2D eigenvalue weighted by molar-refractivity contribution is 0.314. The number of aliphatic imine (C=N–C) groups is 2. The highest BCUT2D eigenvalue weighted by molar-refractivity contribution is 14.2. The van der Waals surface area contributed by atoms with Crippen molar-refractivity contribution < 1.29 is 4.74 Å². The van der Waals surface area contributed by atoms with Crippen LogP contribution in [0.3, 0.4) is 0 Å². The first-order valence-corrected chi connectivity index (χ1v) is 23.5. The fourth-order valence-corrected chi connectivity index (χ4v) is 10.2. The highest BCUT2D eigenvalue weighted by Crippen LogP contribution is 2.48. The van der Waals surface area contributed by atoms with Gasteiger partial charge in [0.1, 0.15) is 23.2 Å². The number of hydrogen-bond acceptors (Lipinski definition) is 4. The zero-order valence-corrected chi connectivity index (χ0v) is 35.5. The van der Waals surface area contributed by atoms with Crippen molar-refractivity contribution in [2.75, 3.05) is 0 Å². The van der Waals surface area contributed by atoms with E-state index in [9.17, 15) is 0 Å². The molecule has 0 radical (unpaired) electrons. The lowest BCUT2D eigenvalue weighted by Gasteiger charge is -2.27. The molecule has 4 aliphatic rings. The Morgan fingerprint density at radius 2 is 1.32 bits per heavy atom. The van der Waals surface area contributed by atoms with E-state index in [2.05, 4.69) is 185 Å². The van der Waals surface area contributed by atoms with Gasteiger partial charge in [0.25, 0.3) is 0 Å². The van der Waals surface area contributed by atoms with E-state index in [-0.39, 0.29) is 26.6 Å². The summed E-state index contributed by atoms with van der Waals surface area (Å²) in [7, 11) is 0. The third-order valence-electron chi connectivity index (χ3n) is 12.5. The normalized spacial score (nSPS) is 18.9. The number of fused-ring (bicyclic) bond motifs is 5. The van der Waals surface area contributed by atoms with Crippen LogP contribution >= 0.6 is 20.7 Å². The Balaban J connectivity index is 1.11. The van der Waals surface area contributed by atoms with E-state index < -0.39 is 6.17 Å². The van der Waals surface area contributed by atoms with E-state index in [0.29, 0.717) is 0 Å². The molecule has 2 atom stereocenters. The number of amidine groups is 2. The summed E-state index contributed by atoms with van der Waals surface area (Å²) in [5, 5.41) is 13.5. The molecule has 4 nitrogen and oxygen atoms in total. The molecule has 0 spiro atoms. The number of nitrogens with zero attached hydrogens (tertiary/aromatic N) is 2. The molecule has 7 aromatic rings. The zero-order chi connectivity index (χ0) is 40.2. The topological polar surface area (TPSA) is 46.0 Å². The molecule has 2 heterocycles. The van der Waals surface area contributed by atoms with Crippen LogP contribution in [-0.2, 0) is 4.74 Å². The second-order valence-electron chi connectivity index (χ2n) is 15.8. The van der Waals surface area contributed by atoms with Crippen molar-refractivity contribution in [2.24, 2.45) is 15.9 Å². The molecule has 2 aliphatic carbocycles. The van der Waals surface area contributed by atoms with Gasteiger partial charge in [-0.1, -0.05) is 162 Å². The van der Waals surface area contributed by atoms with E-state index in [4.69, 9.17) is 14.7 Å². The number of halogens is 1. The molecule has 2 aliphatic heterocycles. The summed E-state index contributed by atoms with van der Waals surface area (Å²) in [4.78, 5) is 10.9. The Bertz CT molecular complexity index is 3170. The van der Waals surface area contributed by atoms with Crippen LogP contribution in [0.25, 0.3) is 65.3 Å². The summed E-state index contributed by atoms with van der Waals surface area (Å²) >= 11 is -0.232. The van der Waals surface area contributed by atoms with Gasteiger partial charge in [0.05, 0.1) is 5.57 Å². The summed E-state index contributed by atoms with van der Waals surface area (Å²) in [6.07, 6.45) is 15.5. The number of rotatable bonds is 7. The number of ether oxygens (including phenoxy) is 1. The van der Waals surface area contributed by atoms with Crippen molar-refractivity contribution in [1.82, 2.24) is 5.32 Å². The Hall–Kier alpha value is -6.44. The second kappa shape index (κ2) is 15.3. The first-order valence-electron chi connectivity index (χ1n) is 20.7. The van der Waals surface area contributed by atoms with Crippen LogP contribution in [0.2, 0.25) is 0 Å². The molecule has 1 N–H and O–H groups in total. The van der Waals surface area contributed by atoms with Crippen LogP contribution < -0.4 is 5.32 Å². The molecule has 7 aromatic carbocycles. The first-order chi connectivity index (χ1) is 29.7. The minimum atomic E-state index is -0.461. The van der Waals surface area contributed by atoms with Gasteiger partial charge in [-0.25, -0.2) is 9.98 Å². The zero-order valence-electron chi connectivity index (χ0n) is 33.3. The molecule has 0 aromatic heterocycles. The largest absolute Gasteiger partial charge is 0.460 e. The summed E-state index contributed by atoms with van der Waals surface area (Å²) in [5.74, 6) is 3.76. The van der Waals surface area contributed by atoms with Crippen molar-refractivity contribution in [2.45, 2.75) is 32.4 Å². The van der Waals surface area contributed by atoms with Gasteiger partial charge in [-0.2, -0.15) is 0 Å². The molecule has 0 fully saturated rings. The second-order valence-corrected chi connectivity index (χ2v) is 17.4. The van der Waals surface area contributed by atoms with Crippen LogP contribution in [0.4, 0.5) is 0 Å². The van der Waals surface area contributed by atoms with Crippen LogP contribution in [0, 0.1) is 5.92 Å². The molecular weight excluding hydrogens is 846 g/mol.